The summed E-state index contributed by atoms with van der Waals surface area (Å²) in [6, 6.07) is 0. The van der Waals surface area contributed by atoms with Crippen LogP contribution in [0.2, 0.25) is 0 Å². The van der Waals surface area contributed by atoms with Gasteiger partial charge in [0, 0.05) is 6.42 Å². The number of carbonyl (C=O) groups excluding carboxylic acids is 1. The average molecular weight is 285 g/mol. The predicted molar refractivity (Wildman–Crippen MR) is 85.6 cm³/mol. The van der Waals surface area contributed by atoms with Gasteiger partial charge in [0.1, 0.15) is 0 Å². The molecule has 0 aliphatic rings. The zero-order valence-electron chi connectivity index (χ0n) is 13.7. The minimum Gasteiger partial charge on any atom is -0.465 e. The summed E-state index contributed by atoms with van der Waals surface area (Å²) in [6.07, 6.45) is 13.0. The molecule has 0 aliphatic carbocycles. The van der Waals surface area contributed by atoms with Crippen LogP contribution in [0.4, 0.5) is 0 Å². The topological polar surface area (TPSA) is 52.3 Å². The summed E-state index contributed by atoms with van der Waals surface area (Å²) in [4.78, 5) is 11.5. The molecule has 120 valence electrons. The van der Waals surface area contributed by atoms with E-state index in [0.29, 0.717) is 25.5 Å². The fraction of sp³-hybridized carbons (Fsp3) is 0.941. The van der Waals surface area contributed by atoms with Gasteiger partial charge in [-0.15, -0.1) is 0 Å². The third-order valence-electron chi connectivity index (χ3n) is 3.67. The molecule has 0 radical (unpaired) electrons. The fourth-order valence-electron chi connectivity index (χ4n) is 2.26. The summed E-state index contributed by atoms with van der Waals surface area (Å²) in [5, 5.41) is 0. The van der Waals surface area contributed by atoms with Gasteiger partial charge in [-0.05, 0) is 25.3 Å². The SMILES string of the molecule is CCCCCCCCCCCC(=O)OCC(C)CCN. The van der Waals surface area contributed by atoms with Gasteiger partial charge in [0.05, 0.1) is 6.61 Å². The second-order valence-electron chi connectivity index (χ2n) is 5.94. The van der Waals surface area contributed by atoms with E-state index in [1.54, 1.807) is 0 Å². The van der Waals surface area contributed by atoms with E-state index in [1.807, 2.05) is 0 Å². The van der Waals surface area contributed by atoms with Gasteiger partial charge in [-0.2, -0.15) is 0 Å². The molecule has 3 heteroatoms. The van der Waals surface area contributed by atoms with Crippen LogP contribution in [0.15, 0.2) is 0 Å². The third-order valence-corrected chi connectivity index (χ3v) is 3.67. The fourth-order valence-corrected chi connectivity index (χ4v) is 2.26. The van der Waals surface area contributed by atoms with Crippen LogP contribution in [0.3, 0.4) is 0 Å². The van der Waals surface area contributed by atoms with Crippen LogP contribution in [0, 0.1) is 5.92 Å². The van der Waals surface area contributed by atoms with E-state index >= 15 is 0 Å². The summed E-state index contributed by atoms with van der Waals surface area (Å²) in [5.41, 5.74) is 5.46. The van der Waals surface area contributed by atoms with Gasteiger partial charge < -0.3 is 10.5 Å². The maximum absolute atomic E-state index is 11.5. The van der Waals surface area contributed by atoms with E-state index in [4.69, 9.17) is 10.5 Å². The standard InChI is InChI=1S/C17H35NO2/c1-3-4-5-6-7-8-9-10-11-12-17(19)20-15-16(2)13-14-18/h16H,3-15,18H2,1-2H3. The van der Waals surface area contributed by atoms with E-state index in [0.717, 1.165) is 19.3 Å². The molecular formula is C17H35NO2. The van der Waals surface area contributed by atoms with Crippen LogP contribution in [0.1, 0.15) is 84.5 Å². The zero-order valence-corrected chi connectivity index (χ0v) is 13.7. The Balaban J connectivity index is 3.23. The molecule has 0 bridgehead atoms. The predicted octanol–water partition coefficient (Wildman–Crippen LogP) is 4.44. The molecule has 0 aromatic rings. The second kappa shape index (κ2) is 14.8. The minimum absolute atomic E-state index is 0.0446. The largest absolute Gasteiger partial charge is 0.465 e. The number of nitrogens with two attached hydrogens (primary N) is 1. The first kappa shape index (κ1) is 19.4. The Labute approximate surface area is 125 Å². The summed E-state index contributed by atoms with van der Waals surface area (Å²) in [6.45, 7) is 5.50. The van der Waals surface area contributed by atoms with Gasteiger partial charge in [0.15, 0.2) is 0 Å². The Hall–Kier alpha value is -0.570. The van der Waals surface area contributed by atoms with Crippen LogP contribution in [0.5, 0.6) is 0 Å². The van der Waals surface area contributed by atoms with Gasteiger partial charge in [-0.25, -0.2) is 0 Å². The molecule has 3 nitrogen and oxygen atoms in total. The quantitative estimate of drug-likeness (QED) is 0.379. The highest BCUT2D eigenvalue weighted by atomic mass is 16.5. The second-order valence-corrected chi connectivity index (χ2v) is 5.94. The molecule has 0 aromatic carbocycles. The molecule has 0 aromatic heterocycles. The number of rotatable bonds is 14. The van der Waals surface area contributed by atoms with Crippen LogP contribution < -0.4 is 5.73 Å². The summed E-state index contributed by atoms with van der Waals surface area (Å²) < 4.78 is 5.23. The molecule has 2 N–H and O–H groups in total. The molecule has 1 unspecified atom stereocenters. The number of hydrogen-bond donors (Lipinski definition) is 1. The van der Waals surface area contributed by atoms with Crippen molar-refractivity contribution in [2.75, 3.05) is 13.2 Å². The minimum atomic E-state index is -0.0446. The lowest BCUT2D eigenvalue weighted by Crippen LogP contribution is -2.14. The Bertz CT molecular complexity index is 219. The maximum atomic E-state index is 11.5. The number of esters is 1. The highest BCUT2D eigenvalue weighted by Gasteiger charge is 2.06. The molecule has 1 atom stereocenters. The lowest BCUT2D eigenvalue weighted by Gasteiger charge is -2.10. The maximum Gasteiger partial charge on any atom is 0.305 e. The van der Waals surface area contributed by atoms with Gasteiger partial charge >= 0.3 is 5.97 Å². The molecule has 0 saturated carbocycles. The molecule has 0 amide bonds. The van der Waals surface area contributed by atoms with Gasteiger partial charge in [0.2, 0.25) is 0 Å². The zero-order chi connectivity index (χ0) is 15.1. The monoisotopic (exact) mass is 285 g/mol. The van der Waals surface area contributed by atoms with Gasteiger partial charge in [-0.1, -0.05) is 65.2 Å². The Morgan fingerprint density at radius 2 is 1.55 bits per heavy atom. The van der Waals surface area contributed by atoms with Crippen molar-refractivity contribution >= 4 is 5.97 Å². The normalized spacial score (nSPS) is 12.3. The molecule has 0 fully saturated rings. The molecule has 0 heterocycles. The third kappa shape index (κ3) is 13.9. The van der Waals surface area contributed by atoms with Crippen molar-refractivity contribution in [1.82, 2.24) is 0 Å². The van der Waals surface area contributed by atoms with Crippen molar-refractivity contribution in [3.63, 3.8) is 0 Å². The summed E-state index contributed by atoms with van der Waals surface area (Å²) in [5.74, 6) is 0.337. The van der Waals surface area contributed by atoms with E-state index in [9.17, 15) is 4.79 Å². The number of unbranched alkanes of at least 4 members (excludes halogenated alkanes) is 8. The number of ether oxygens (including phenoxy) is 1. The summed E-state index contributed by atoms with van der Waals surface area (Å²) >= 11 is 0. The lowest BCUT2D eigenvalue weighted by atomic mass is 10.1. The van der Waals surface area contributed by atoms with E-state index in [2.05, 4.69) is 13.8 Å². The lowest BCUT2D eigenvalue weighted by molar-refractivity contribution is -0.145. The Kier molecular flexibility index (Phi) is 14.4. The first-order valence-electron chi connectivity index (χ1n) is 8.56. The van der Waals surface area contributed by atoms with E-state index in [-0.39, 0.29) is 5.97 Å². The average Bonchev–Trinajstić information content (AvgIpc) is 2.43. The van der Waals surface area contributed by atoms with Crippen molar-refractivity contribution in [2.24, 2.45) is 11.7 Å². The Morgan fingerprint density at radius 1 is 1.00 bits per heavy atom. The molecule has 0 saturated heterocycles. The number of carbonyl (C=O) groups is 1. The Morgan fingerprint density at radius 3 is 2.10 bits per heavy atom. The molecule has 0 rings (SSSR count). The highest BCUT2D eigenvalue weighted by molar-refractivity contribution is 5.69. The van der Waals surface area contributed by atoms with Crippen molar-refractivity contribution in [3.05, 3.63) is 0 Å². The van der Waals surface area contributed by atoms with Crippen molar-refractivity contribution in [1.29, 1.82) is 0 Å². The highest BCUT2D eigenvalue weighted by Crippen LogP contribution is 2.11. The summed E-state index contributed by atoms with van der Waals surface area (Å²) in [7, 11) is 0. The van der Waals surface area contributed by atoms with E-state index < -0.39 is 0 Å². The smallest absolute Gasteiger partial charge is 0.305 e. The number of hydrogen-bond acceptors (Lipinski definition) is 3. The van der Waals surface area contributed by atoms with Crippen molar-refractivity contribution in [3.8, 4) is 0 Å². The van der Waals surface area contributed by atoms with E-state index in [1.165, 1.54) is 44.9 Å². The molecule has 0 aliphatic heterocycles. The van der Waals surface area contributed by atoms with Gasteiger partial charge in [-0.3, -0.25) is 4.79 Å². The van der Waals surface area contributed by atoms with Crippen LogP contribution in [-0.2, 0) is 9.53 Å². The molecule has 0 spiro atoms. The van der Waals surface area contributed by atoms with Crippen LogP contribution in [0.25, 0.3) is 0 Å². The van der Waals surface area contributed by atoms with Crippen molar-refractivity contribution < 1.29 is 9.53 Å². The first-order valence-corrected chi connectivity index (χ1v) is 8.56. The van der Waals surface area contributed by atoms with Crippen molar-refractivity contribution in [2.45, 2.75) is 84.5 Å². The molecular weight excluding hydrogens is 250 g/mol. The first-order chi connectivity index (χ1) is 9.70. The van der Waals surface area contributed by atoms with Gasteiger partial charge in [0.25, 0.3) is 0 Å². The molecule has 20 heavy (non-hydrogen) atoms. The van der Waals surface area contributed by atoms with Crippen LogP contribution >= 0.6 is 0 Å². The van der Waals surface area contributed by atoms with Crippen LogP contribution in [-0.4, -0.2) is 19.1 Å².